The Kier molecular flexibility index (Phi) is 7.09. The quantitative estimate of drug-likeness (QED) is 0.484. The van der Waals surface area contributed by atoms with Gasteiger partial charge in [0.15, 0.2) is 10.9 Å². The number of aromatic amines is 1. The highest BCUT2D eigenvalue weighted by Crippen LogP contribution is 2.27. The van der Waals surface area contributed by atoms with Crippen LogP contribution >= 0.6 is 23.4 Å². The van der Waals surface area contributed by atoms with Crippen molar-refractivity contribution in [1.29, 1.82) is 0 Å². The number of nitrogens with one attached hydrogen (secondary N) is 3. The van der Waals surface area contributed by atoms with E-state index in [4.69, 9.17) is 11.6 Å². The van der Waals surface area contributed by atoms with E-state index >= 15 is 0 Å². The minimum absolute atomic E-state index is 0.0740. The summed E-state index contributed by atoms with van der Waals surface area (Å²) in [5, 5.41) is 13.6. The van der Waals surface area contributed by atoms with Crippen LogP contribution in [0.3, 0.4) is 0 Å². The van der Waals surface area contributed by atoms with E-state index < -0.39 is 10.8 Å². The van der Waals surface area contributed by atoms with E-state index in [2.05, 4.69) is 25.8 Å². The Labute approximate surface area is 187 Å². The number of nitrogens with zero attached hydrogens (tertiary/aromatic N) is 2. The predicted octanol–water partition coefficient (Wildman–Crippen LogP) is 3.87. The summed E-state index contributed by atoms with van der Waals surface area (Å²) in [7, 11) is 0. The molecule has 0 aliphatic heterocycles. The fraction of sp³-hybridized carbons (Fsp3) is 0.190. The summed E-state index contributed by atoms with van der Waals surface area (Å²) in [5.74, 6) is -0.559. The van der Waals surface area contributed by atoms with Crippen molar-refractivity contribution in [2.24, 2.45) is 0 Å². The standard InChI is InChI=1S/C21H20ClN5O3S/c1-11-8-9-16(23-13(3)28)14(10-11)18-20(30)25-21(27-26-18)31-12(2)19(29)24-17-7-5-4-6-15(17)22/h4-10,12H,1-3H3,(H,23,28)(H,24,29)(H,25,27,30)/t12-/m0/s1. The molecule has 0 bridgehead atoms. The number of para-hydroxylation sites is 1. The highest BCUT2D eigenvalue weighted by atomic mass is 35.5. The SMILES string of the molecule is CC(=O)Nc1ccc(C)cc1-c1nnc(S[C@@H](C)C(=O)Nc2ccccc2Cl)[nH]c1=O. The van der Waals surface area contributed by atoms with Crippen LogP contribution in [0.2, 0.25) is 5.02 Å². The summed E-state index contributed by atoms with van der Waals surface area (Å²) in [5.41, 5.74) is 1.92. The molecule has 3 aromatic rings. The summed E-state index contributed by atoms with van der Waals surface area (Å²) in [6, 6.07) is 12.2. The Bertz CT molecular complexity index is 1200. The van der Waals surface area contributed by atoms with E-state index in [9.17, 15) is 14.4 Å². The van der Waals surface area contributed by atoms with Gasteiger partial charge in [0.2, 0.25) is 11.8 Å². The Balaban J connectivity index is 1.79. The van der Waals surface area contributed by atoms with Gasteiger partial charge >= 0.3 is 0 Å². The second kappa shape index (κ2) is 9.76. The third-order valence-corrected chi connectivity index (χ3v) is 5.51. The topological polar surface area (TPSA) is 117 Å². The number of amides is 2. The molecule has 3 rings (SSSR count). The normalized spacial score (nSPS) is 11.6. The van der Waals surface area contributed by atoms with Crippen LogP contribution in [-0.2, 0) is 9.59 Å². The zero-order chi connectivity index (χ0) is 22.5. The summed E-state index contributed by atoms with van der Waals surface area (Å²) in [6.45, 7) is 4.93. The van der Waals surface area contributed by atoms with Crippen LogP contribution < -0.4 is 16.2 Å². The molecule has 1 heterocycles. The van der Waals surface area contributed by atoms with Gasteiger partial charge in [0.05, 0.1) is 21.6 Å². The first kappa shape index (κ1) is 22.5. The third-order valence-electron chi connectivity index (χ3n) is 4.21. The molecule has 0 fully saturated rings. The lowest BCUT2D eigenvalue weighted by Gasteiger charge is -2.13. The van der Waals surface area contributed by atoms with Crippen molar-refractivity contribution in [2.75, 3.05) is 10.6 Å². The highest BCUT2D eigenvalue weighted by molar-refractivity contribution is 8.00. The van der Waals surface area contributed by atoms with Crippen molar-refractivity contribution < 1.29 is 9.59 Å². The number of hydrogen-bond acceptors (Lipinski definition) is 6. The predicted molar refractivity (Wildman–Crippen MR) is 123 cm³/mol. The Hall–Kier alpha value is -3.17. The molecule has 0 unspecified atom stereocenters. The number of anilines is 2. The number of benzene rings is 2. The van der Waals surface area contributed by atoms with Crippen LogP contribution in [0.1, 0.15) is 19.4 Å². The van der Waals surface area contributed by atoms with Gasteiger partial charge in [-0.25, -0.2) is 0 Å². The fourth-order valence-electron chi connectivity index (χ4n) is 2.72. The first-order valence-electron chi connectivity index (χ1n) is 9.32. The van der Waals surface area contributed by atoms with Crippen LogP contribution in [0.25, 0.3) is 11.3 Å². The minimum atomic E-state index is -0.569. The minimum Gasteiger partial charge on any atom is -0.326 e. The highest BCUT2D eigenvalue weighted by Gasteiger charge is 2.19. The van der Waals surface area contributed by atoms with Gasteiger partial charge in [0.25, 0.3) is 5.56 Å². The lowest BCUT2D eigenvalue weighted by Crippen LogP contribution is -2.24. The molecule has 160 valence electrons. The van der Waals surface area contributed by atoms with Gasteiger partial charge in [-0.1, -0.05) is 47.1 Å². The largest absolute Gasteiger partial charge is 0.326 e. The van der Waals surface area contributed by atoms with Gasteiger partial charge in [0.1, 0.15) is 0 Å². The molecule has 0 radical (unpaired) electrons. The molecule has 31 heavy (non-hydrogen) atoms. The van der Waals surface area contributed by atoms with E-state index in [1.54, 1.807) is 43.3 Å². The van der Waals surface area contributed by atoms with Crippen LogP contribution in [-0.4, -0.2) is 32.2 Å². The maximum atomic E-state index is 12.7. The smallest absolute Gasteiger partial charge is 0.278 e. The molecule has 0 aliphatic carbocycles. The van der Waals surface area contributed by atoms with Crippen LogP contribution in [0.4, 0.5) is 11.4 Å². The second-order valence-corrected chi connectivity index (χ2v) is 8.50. The number of aromatic nitrogens is 3. The van der Waals surface area contributed by atoms with Crippen molar-refractivity contribution in [1.82, 2.24) is 15.2 Å². The zero-order valence-corrected chi connectivity index (χ0v) is 18.6. The van der Waals surface area contributed by atoms with Crippen molar-refractivity contribution in [3.05, 3.63) is 63.4 Å². The van der Waals surface area contributed by atoms with Crippen molar-refractivity contribution >= 4 is 46.6 Å². The summed E-state index contributed by atoms with van der Waals surface area (Å²) in [6.07, 6.45) is 0. The first-order valence-corrected chi connectivity index (χ1v) is 10.6. The molecule has 1 atom stereocenters. The van der Waals surface area contributed by atoms with Gasteiger partial charge < -0.3 is 10.6 Å². The van der Waals surface area contributed by atoms with Gasteiger partial charge in [-0.15, -0.1) is 10.2 Å². The lowest BCUT2D eigenvalue weighted by molar-refractivity contribution is -0.115. The number of carbonyl (C=O) groups excluding carboxylic acids is 2. The molecule has 2 amide bonds. The molecule has 10 heteroatoms. The molecular formula is C21H20ClN5O3S. The number of rotatable bonds is 6. The summed E-state index contributed by atoms with van der Waals surface area (Å²) < 4.78 is 0. The van der Waals surface area contributed by atoms with E-state index in [0.717, 1.165) is 17.3 Å². The monoisotopic (exact) mass is 457 g/mol. The molecule has 0 saturated heterocycles. The van der Waals surface area contributed by atoms with Crippen molar-refractivity contribution in [2.45, 2.75) is 31.2 Å². The van der Waals surface area contributed by atoms with Crippen LogP contribution in [0.15, 0.2) is 52.4 Å². The average Bonchev–Trinajstić information content (AvgIpc) is 2.71. The Morgan fingerprint density at radius 1 is 1.10 bits per heavy atom. The van der Waals surface area contributed by atoms with E-state index in [0.29, 0.717) is 22.0 Å². The van der Waals surface area contributed by atoms with Crippen molar-refractivity contribution in [3.8, 4) is 11.3 Å². The zero-order valence-electron chi connectivity index (χ0n) is 17.0. The number of carbonyl (C=O) groups is 2. The first-order chi connectivity index (χ1) is 14.7. The third kappa shape index (κ3) is 5.71. The Morgan fingerprint density at radius 3 is 2.52 bits per heavy atom. The molecule has 8 nitrogen and oxygen atoms in total. The molecule has 3 N–H and O–H groups in total. The van der Waals surface area contributed by atoms with Gasteiger partial charge in [0, 0.05) is 12.5 Å². The van der Waals surface area contributed by atoms with Gasteiger partial charge in [-0.2, -0.15) is 0 Å². The molecule has 1 aromatic heterocycles. The van der Waals surface area contributed by atoms with E-state index in [1.807, 2.05) is 13.0 Å². The van der Waals surface area contributed by atoms with Gasteiger partial charge in [-0.3, -0.25) is 19.4 Å². The fourth-order valence-corrected chi connectivity index (χ4v) is 3.65. The number of thioether (sulfide) groups is 1. The second-order valence-electron chi connectivity index (χ2n) is 6.77. The maximum absolute atomic E-state index is 12.7. The number of aryl methyl sites for hydroxylation is 1. The number of H-pyrrole nitrogens is 1. The van der Waals surface area contributed by atoms with Crippen LogP contribution in [0, 0.1) is 6.92 Å². The lowest BCUT2D eigenvalue weighted by atomic mass is 10.1. The van der Waals surface area contributed by atoms with Crippen LogP contribution in [0.5, 0.6) is 0 Å². The molecule has 0 saturated carbocycles. The molecule has 2 aromatic carbocycles. The van der Waals surface area contributed by atoms with E-state index in [1.165, 1.54) is 6.92 Å². The number of halogens is 1. The summed E-state index contributed by atoms with van der Waals surface area (Å²) >= 11 is 7.13. The Morgan fingerprint density at radius 2 is 1.84 bits per heavy atom. The maximum Gasteiger partial charge on any atom is 0.278 e. The average molecular weight is 458 g/mol. The van der Waals surface area contributed by atoms with Gasteiger partial charge in [-0.05, 0) is 38.1 Å². The molecular weight excluding hydrogens is 438 g/mol. The summed E-state index contributed by atoms with van der Waals surface area (Å²) in [4.78, 5) is 39.3. The van der Waals surface area contributed by atoms with Crippen molar-refractivity contribution in [3.63, 3.8) is 0 Å². The van der Waals surface area contributed by atoms with E-state index in [-0.39, 0.29) is 22.7 Å². The molecule has 0 aliphatic rings. The molecule has 0 spiro atoms. The number of hydrogen-bond donors (Lipinski definition) is 3.